The molecule has 2 aromatic rings. The number of carbonyl (C=O) groups is 1. The average molecular weight is 373 g/mol. The zero-order valence-electron chi connectivity index (χ0n) is 16.3. The van der Waals surface area contributed by atoms with E-state index >= 15 is 0 Å². The number of carbonyl (C=O) groups excluding carboxylic acids is 1. The Morgan fingerprint density at radius 1 is 1.41 bits per heavy atom. The number of aliphatic imine (C=N–C) groups is 1. The maximum atomic E-state index is 11.9. The van der Waals surface area contributed by atoms with Gasteiger partial charge in [0.05, 0.1) is 0 Å². The molecule has 1 aliphatic heterocycles. The minimum Gasteiger partial charge on any atom is -0.357 e. The summed E-state index contributed by atoms with van der Waals surface area (Å²) in [7, 11) is 3.48. The number of nitrogens with zero attached hydrogens (tertiary/aromatic N) is 8. The highest BCUT2D eigenvalue weighted by molar-refractivity contribution is 5.85. The topological polar surface area (TPSA) is 94.3 Å². The van der Waals surface area contributed by atoms with E-state index in [0.717, 1.165) is 43.6 Å². The summed E-state index contributed by atoms with van der Waals surface area (Å²) in [4.78, 5) is 26.9. The fourth-order valence-corrected chi connectivity index (χ4v) is 3.12. The van der Waals surface area contributed by atoms with Crippen LogP contribution in [0.5, 0.6) is 0 Å². The Kier molecular flexibility index (Phi) is 5.72. The van der Waals surface area contributed by atoms with Crippen molar-refractivity contribution in [2.75, 3.05) is 51.7 Å². The van der Waals surface area contributed by atoms with Gasteiger partial charge in [-0.3, -0.25) is 9.20 Å². The largest absolute Gasteiger partial charge is 0.357 e. The summed E-state index contributed by atoms with van der Waals surface area (Å²) in [5.74, 6) is 1.60. The van der Waals surface area contributed by atoms with Crippen LogP contribution in [0.4, 0.5) is 5.82 Å². The molecular weight excluding hydrogens is 346 g/mol. The molecule has 0 saturated carbocycles. The third-order valence-electron chi connectivity index (χ3n) is 4.59. The zero-order chi connectivity index (χ0) is 19.4. The second-order valence-electron chi connectivity index (χ2n) is 6.76. The van der Waals surface area contributed by atoms with Crippen LogP contribution in [0.3, 0.4) is 0 Å². The van der Waals surface area contributed by atoms with Crippen molar-refractivity contribution >= 4 is 23.3 Å². The van der Waals surface area contributed by atoms with Gasteiger partial charge in [0, 0.05) is 58.7 Å². The molecule has 1 saturated heterocycles. The van der Waals surface area contributed by atoms with Crippen LogP contribution in [0, 0.1) is 0 Å². The molecule has 0 radical (unpaired) electrons. The van der Waals surface area contributed by atoms with E-state index in [4.69, 9.17) is 0 Å². The van der Waals surface area contributed by atoms with Gasteiger partial charge in [-0.25, -0.2) is 9.98 Å². The van der Waals surface area contributed by atoms with Gasteiger partial charge in [0.1, 0.15) is 12.9 Å². The molecule has 3 rings (SSSR count). The molecule has 1 aliphatic rings. The van der Waals surface area contributed by atoms with Crippen molar-refractivity contribution in [2.24, 2.45) is 4.99 Å². The van der Waals surface area contributed by atoms with Crippen molar-refractivity contribution in [3.05, 3.63) is 18.7 Å². The van der Waals surface area contributed by atoms with Gasteiger partial charge < -0.3 is 20.0 Å². The number of rotatable bonds is 4. The van der Waals surface area contributed by atoms with Crippen molar-refractivity contribution in [3.63, 3.8) is 0 Å². The molecule has 0 aliphatic carbocycles. The van der Waals surface area contributed by atoms with Crippen LogP contribution in [-0.4, -0.2) is 94.1 Å². The SMILES string of the molecule is CCNC(=NCC(=O)N(C)C)N1CCN(c2nccn3cnnc23)C(C)C1. The van der Waals surface area contributed by atoms with Gasteiger partial charge in [0.15, 0.2) is 11.8 Å². The molecule has 0 aromatic carbocycles. The van der Waals surface area contributed by atoms with Gasteiger partial charge in [-0.15, -0.1) is 10.2 Å². The van der Waals surface area contributed by atoms with E-state index < -0.39 is 0 Å². The van der Waals surface area contributed by atoms with E-state index in [9.17, 15) is 4.79 Å². The van der Waals surface area contributed by atoms with E-state index in [2.05, 4.69) is 42.2 Å². The minimum atomic E-state index is -0.0141. The second-order valence-corrected chi connectivity index (χ2v) is 6.76. The summed E-state index contributed by atoms with van der Waals surface area (Å²) in [6, 6.07) is 0.211. The monoisotopic (exact) mass is 373 g/mol. The van der Waals surface area contributed by atoms with Gasteiger partial charge in [-0.2, -0.15) is 0 Å². The second kappa shape index (κ2) is 8.19. The number of aromatic nitrogens is 4. The molecule has 0 bridgehead atoms. The van der Waals surface area contributed by atoms with Crippen molar-refractivity contribution in [1.82, 2.24) is 34.7 Å². The van der Waals surface area contributed by atoms with Gasteiger partial charge >= 0.3 is 0 Å². The van der Waals surface area contributed by atoms with E-state index in [-0.39, 0.29) is 18.5 Å². The number of piperazine rings is 1. The minimum absolute atomic E-state index is 0.0141. The molecule has 3 heterocycles. The number of nitrogens with one attached hydrogen (secondary N) is 1. The lowest BCUT2D eigenvalue weighted by molar-refractivity contribution is -0.127. The van der Waals surface area contributed by atoms with Gasteiger partial charge in [-0.1, -0.05) is 0 Å². The Morgan fingerprint density at radius 3 is 2.93 bits per heavy atom. The predicted molar refractivity (Wildman–Crippen MR) is 104 cm³/mol. The van der Waals surface area contributed by atoms with Crippen LogP contribution in [0.1, 0.15) is 13.8 Å². The van der Waals surface area contributed by atoms with E-state index in [1.165, 1.54) is 0 Å². The maximum absolute atomic E-state index is 11.9. The number of hydrogen-bond acceptors (Lipinski definition) is 6. The average Bonchev–Trinajstić information content (AvgIpc) is 3.13. The number of hydrogen-bond donors (Lipinski definition) is 1. The summed E-state index contributed by atoms with van der Waals surface area (Å²) in [6.45, 7) is 7.42. The van der Waals surface area contributed by atoms with Crippen molar-refractivity contribution in [3.8, 4) is 0 Å². The lowest BCUT2D eigenvalue weighted by Crippen LogP contribution is -2.57. The maximum Gasteiger partial charge on any atom is 0.243 e. The van der Waals surface area contributed by atoms with Crippen LogP contribution in [-0.2, 0) is 4.79 Å². The van der Waals surface area contributed by atoms with Gasteiger partial charge in [-0.05, 0) is 13.8 Å². The number of likely N-dealkylation sites (N-methyl/N-ethyl adjacent to an activating group) is 1. The molecule has 1 fully saturated rings. The molecule has 1 N–H and O–H groups in total. The molecule has 2 aromatic heterocycles. The Bertz CT molecular complexity index is 816. The Labute approximate surface area is 158 Å². The first-order valence-electron chi connectivity index (χ1n) is 9.15. The normalized spacial score (nSPS) is 18.1. The van der Waals surface area contributed by atoms with Crippen LogP contribution in [0.2, 0.25) is 0 Å². The summed E-state index contributed by atoms with van der Waals surface area (Å²) >= 11 is 0. The van der Waals surface area contributed by atoms with Crippen molar-refractivity contribution < 1.29 is 4.79 Å². The highest BCUT2D eigenvalue weighted by Crippen LogP contribution is 2.21. The van der Waals surface area contributed by atoms with E-state index in [1.807, 2.05) is 17.5 Å². The molecule has 1 atom stereocenters. The van der Waals surface area contributed by atoms with Crippen molar-refractivity contribution in [1.29, 1.82) is 0 Å². The lowest BCUT2D eigenvalue weighted by atomic mass is 10.2. The fourth-order valence-electron chi connectivity index (χ4n) is 3.12. The molecule has 1 amide bonds. The smallest absolute Gasteiger partial charge is 0.243 e. The van der Waals surface area contributed by atoms with Crippen LogP contribution < -0.4 is 10.2 Å². The first-order valence-corrected chi connectivity index (χ1v) is 9.15. The van der Waals surface area contributed by atoms with Crippen molar-refractivity contribution in [2.45, 2.75) is 19.9 Å². The zero-order valence-corrected chi connectivity index (χ0v) is 16.3. The first-order chi connectivity index (χ1) is 13.0. The van der Waals surface area contributed by atoms with E-state index in [0.29, 0.717) is 0 Å². The molecule has 0 spiro atoms. The third kappa shape index (κ3) is 4.09. The number of fused-ring (bicyclic) bond motifs is 1. The number of anilines is 1. The van der Waals surface area contributed by atoms with Gasteiger partial charge in [0.2, 0.25) is 11.6 Å². The Balaban J connectivity index is 1.73. The highest BCUT2D eigenvalue weighted by atomic mass is 16.2. The Hall–Kier alpha value is -2.91. The predicted octanol–water partition coefficient (Wildman–Crippen LogP) is -0.311. The third-order valence-corrected chi connectivity index (χ3v) is 4.59. The summed E-state index contributed by atoms with van der Waals surface area (Å²) in [5.41, 5.74) is 0.759. The van der Waals surface area contributed by atoms with Crippen LogP contribution in [0.25, 0.3) is 5.65 Å². The molecule has 146 valence electrons. The molecule has 10 nitrogen and oxygen atoms in total. The number of guanidine groups is 1. The first kappa shape index (κ1) is 18.9. The standard InChI is InChI=1S/C17H27N9O/c1-5-18-17(20-10-14(27)23(3)4)24-8-9-26(13(2)11-24)15-16-22-21-12-25(16)7-6-19-15/h6-7,12-13H,5,8-11H2,1-4H3,(H,18,20). The van der Waals surface area contributed by atoms with E-state index in [1.54, 1.807) is 31.5 Å². The molecule has 27 heavy (non-hydrogen) atoms. The summed E-state index contributed by atoms with van der Waals surface area (Å²) in [5, 5.41) is 11.5. The quantitative estimate of drug-likeness (QED) is 0.580. The summed E-state index contributed by atoms with van der Waals surface area (Å²) in [6.07, 6.45) is 5.29. The molecule has 10 heteroatoms. The summed E-state index contributed by atoms with van der Waals surface area (Å²) < 4.78 is 1.87. The van der Waals surface area contributed by atoms with Gasteiger partial charge in [0.25, 0.3) is 0 Å². The number of amides is 1. The Morgan fingerprint density at radius 2 is 2.22 bits per heavy atom. The highest BCUT2D eigenvalue weighted by Gasteiger charge is 2.28. The van der Waals surface area contributed by atoms with Crippen LogP contribution in [0.15, 0.2) is 23.7 Å². The molecule has 1 unspecified atom stereocenters. The lowest BCUT2D eigenvalue weighted by Gasteiger charge is -2.41. The molecular formula is C17H27N9O. The van der Waals surface area contributed by atoms with Crippen LogP contribution >= 0.6 is 0 Å². The fraction of sp³-hybridized carbons (Fsp3) is 0.588.